The highest BCUT2D eigenvalue weighted by molar-refractivity contribution is 7.13. The highest BCUT2D eigenvalue weighted by Gasteiger charge is 2.12. The Balaban J connectivity index is 2.61. The smallest absolute Gasteiger partial charge is 0.222 e. The first-order valence-electron chi connectivity index (χ1n) is 3.81. The predicted octanol–water partition coefficient (Wildman–Crippen LogP) is 2.87. The first kappa shape index (κ1) is 9.30. The Morgan fingerprint density at radius 3 is 2.64 bits per heavy atom. The van der Waals surface area contributed by atoms with Crippen molar-refractivity contribution in [3.05, 3.63) is 28.6 Å². The van der Waals surface area contributed by atoms with Crippen LogP contribution in [0.2, 0.25) is 5.02 Å². The van der Waals surface area contributed by atoms with E-state index in [2.05, 4.69) is 4.98 Å². The van der Waals surface area contributed by atoms with E-state index in [4.69, 9.17) is 16.7 Å². The van der Waals surface area contributed by atoms with Crippen molar-refractivity contribution in [2.45, 2.75) is 0 Å². The van der Waals surface area contributed by atoms with Crippen LogP contribution in [0.4, 0.5) is 0 Å². The summed E-state index contributed by atoms with van der Waals surface area (Å²) in [5.74, 6) is -0.00355. The Labute approximate surface area is 89.2 Å². The highest BCUT2D eigenvalue weighted by Crippen LogP contribution is 2.38. The molecule has 0 unspecified atom stereocenters. The molecule has 0 aliphatic heterocycles. The zero-order valence-electron chi connectivity index (χ0n) is 6.94. The molecule has 1 heterocycles. The Hall–Kier alpha value is -1.26. The van der Waals surface area contributed by atoms with Crippen molar-refractivity contribution in [1.82, 2.24) is 4.98 Å². The van der Waals surface area contributed by atoms with Crippen molar-refractivity contribution in [1.29, 1.82) is 0 Å². The van der Waals surface area contributed by atoms with Crippen LogP contribution in [-0.2, 0) is 0 Å². The van der Waals surface area contributed by atoms with E-state index in [0.29, 0.717) is 15.6 Å². The molecule has 2 aromatic rings. The zero-order valence-corrected chi connectivity index (χ0v) is 8.51. The number of thiazole rings is 1. The van der Waals surface area contributed by atoms with Gasteiger partial charge in [0.15, 0.2) is 0 Å². The van der Waals surface area contributed by atoms with Crippen LogP contribution >= 0.6 is 22.9 Å². The van der Waals surface area contributed by atoms with E-state index in [-0.39, 0.29) is 11.6 Å². The van der Waals surface area contributed by atoms with Crippen LogP contribution in [0.15, 0.2) is 23.6 Å². The van der Waals surface area contributed by atoms with Crippen molar-refractivity contribution in [2.24, 2.45) is 0 Å². The summed E-state index contributed by atoms with van der Waals surface area (Å²) in [5, 5.41) is 21.0. The zero-order chi connectivity index (χ0) is 10.1. The number of hydrogen-bond acceptors (Lipinski definition) is 4. The second kappa shape index (κ2) is 3.48. The SMILES string of the molecule is Oc1csc(-c2c(O)cccc2Cl)n1. The number of phenolic OH excluding ortho intramolecular Hbond substituents is 1. The van der Waals surface area contributed by atoms with Crippen molar-refractivity contribution < 1.29 is 10.2 Å². The van der Waals surface area contributed by atoms with Gasteiger partial charge in [-0.3, -0.25) is 0 Å². The lowest BCUT2D eigenvalue weighted by Gasteiger charge is -2.02. The molecule has 2 N–H and O–H groups in total. The van der Waals surface area contributed by atoms with Gasteiger partial charge >= 0.3 is 0 Å². The van der Waals surface area contributed by atoms with Crippen molar-refractivity contribution in [3.8, 4) is 22.2 Å². The van der Waals surface area contributed by atoms with E-state index < -0.39 is 0 Å². The van der Waals surface area contributed by atoms with Gasteiger partial charge in [-0.2, -0.15) is 0 Å². The average Bonchev–Trinajstić information content (AvgIpc) is 2.51. The maximum atomic E-state index is 9.55. The second-order valence-corrected chi connectivity index (χ2v) is 3.91. The molecule has 0 atom stereocenters. The molecule has 0 radical (unpaired) electrons. The van der Waals surface area contributed by atoms with Gasteiger partial charge in [0.2, 0.25) is 5.88 Å². The number of rotatable bonds is 1. The quantitative estimate of drug-likeness (QED) is 0.788. The summed E-state index contributed by atoms with van der Waals surface area (Å²) in [7, 11) is 0. The maximum Gasteiger partial charge on any atom is 0.222 e. The first-order chi connectivity index (χ1) is 6.68. The molecule has 0 spiro atoms. The molecule has 0 aliphatic carbocycles. The lowest BCUT2D eigenvalue weighted by molar-refractivity contribution is 0.457. The van der Waals surface area contributed by atoms with E-state index in [0.717, 1.165) is 0 Å². The minimum Gasteiger partial charge on any atom is -0.507 e. The Morgan fingerprint density at radius 1 is 1.29 bits per heavy atom. The molecule has 72 valence electrons. The Kier molecular flexibility index (Phi) is 2.31. The van der Waals surface area contributed by atoms with Crippen LogP contribution in [-0.4, -0.2) is 15.2 Å². The molecule has 0 amide bonds. The van der Waals surface area contributed by atoms with E-state index >= 15 is 0 Å². The monoisotopic (exact) mass is 227 g/mol. The van der Waals surface area contributed by atoms with E-state index in [1.165, 1.54) is 22.8 Å². The fourth-order valence-electron chi connectivity index (χ4n) is 1.10. The van der Waals surface area contributed by atoms with Gasteiger partial charge in [-0.05, 0) is 12.1 Å². The number of nitrogens with zero attached hydrogens (tertiary/aromatic N) is 1. The van der Waals surface area contributed by atoms with Crippen LogP contribution in [0.25, 0.3) is 10.6 Å². The van der Waals surface area contributed by atoms with Crippen LogP contribution in [0.3, 0.4) is 0 Å². The van der Waals surface area contributed by atoms with Gasteiger partial charge in [-0.25, -0.2) is 4.98 Å². The lowest BCUT2D eigenvalue weighted by atomic mass is 10.2. The van der Waals surface area contributed by atoms with Crippen LogP contribution < -0.4 is 0 Å². The summed E-state index contributed by atoms with van der Waals surface area (Å²) >= 11 is 7.12. The number of aromatic nitrogens is 1. The minimum atomic E-state index is -0.0654. The molecule has 1 aromatic heterocycles. The summed E-state index contributed by atoms with van der Waals surface area (Å²) in [5.41, 5.74) is 0.458. The van der Waals surface area contributed by atoms with E-state index in [9.17, 15) is 5.11 Å². The van der Waals surface area contributed by atoms with Gasteiger partial charge in [-0.15, -0.1) is 11.3 Å². The van der Waals surface area contributed by atoms with Gasteiger partial charge in [0.1, 0.15) is 10.8 Å². The summed E-state index contributed by atoms with van der Waals surface area (Å²) in [6.45, 7) is 0. The Morgan fingerprint density at radius 2 is 2.07 bits per heavy atom. The number of phenols is 1. The molecule has 2 rings (SSSR count). The summed E-state index contributed by atoms with van der Waals surface area (Å²) in [6, 6.07) is 4.84. The number of hydrogen-bond donors (Lipinski definition) is 2. The highest BCUT2D eigenvalue weighted by atomic mass is 35.5. The summed E-state index contributed by atoms with van der Waals surface area (Å²) in [6.07, 6.45) is 0. The third-order valence-electron chi connectivity index (χ3n) is 1.70. The normalized spacial score (nSPS) is 10.4. The lowest BCUT2D eigenvalue weighted by Crippen LogP contribution is -1.79. The van der Waals surface area contributed by atoms with Crippen LogP contribution in [0.5, 0.6) is 11.6 Å². The first-order valence-corrected chi connectivity index (χ1v) is 5.06. The number of benzene rings is 1. The third-order valence-corrected chi connectivity index (χ3v) is 2.86. The molecule has 5 heteroatoms. The molecule has 0 bridgehead atoms. The molecular formula is C9H6ClNO2S. The minimum absolute atomic E-state index is 0.0619. The average molecular weight is 228 g/mol. The Bertz CT molecular complexity index is 449. The molecule has 1 aromatic carbocycles. The van der Waals surface area contributed by atoms with Crippen LogP contribution in [0.1, 0.15) is 0 Å². The third kappa shape index (κ3) is 1.54. The molecule has 0 saturated heterocycles. The standard InChI is InChI=1S/C9H6ClNO2S/c10-5-2-1-3-6(12)8(5)9-11-7(13)4-14-9/h1-4,12-13H. The van der Waals surface area contributed by atoms with Crippen molar-refractivity contribution >= 4 is 22.9 Å². The number of aromatic hydroxyl groups is 2. The molecule has 14 heavy (non-hydrogen) atoms. The molecule has 0 fully saturated rings. The van der Waals surface area contributed by atoms with Gasteiger partial charge < -0.3 is 10.2 Å². The number of halogens is 1. The molecule has 0 aliphatic rings. The van der Waals surface area contributed by atoms with E-state index in [1.807, 2.05) is 0 Å². The maximum absolute atomic E-state index is 9.55. The fraction of sp³-hybridized carbons (Fsp3) is 0. The molecule has 3 nitrogen and oxygen atoms in total. The predicted molar refractivity (Wildman–Crippen MR) is 55.9 cm³/mol. The van der Waals surface area contributed by atoms with Gasteiger partial charge in [0, 0.05) is 0 Å². The summed E-state index contributed by atoms with van der Waals surface area (Å²) in [4.78, 5) is 3.83. The molecular weight excluding hydrogens is 222 g/mol. The largest absolute Gasteiger partial charge is 0.507 e. The summed E-state index contributed by atoms with van der Waals surface area (Å²) < 4.78 is 0. The van der Waals surface area contributed by atoms with Crippen molar-refractivity contribution in [3.63, 3.8) is 0 Å². The van der Waals surface area contributed by atoms with Crippen molar-refractivity contribution in [2.75, 3.05) is 0 Å². The van der Waals surface area contributed by atoms with Gasteiger partial charge in [-0.1, -0.05) is 17.7 Å². The fourth-order valence-corrected chi connectivity index (χ4v) is 2.17. The molecule has 0 saturated carbocycles. The van der Waals surface area contributed by atoms with Gasteiger partial charge in [0.25, 0.3) is 0 Å². The van der Waals surface area contributed by atoms with E-state index in [1.54, 1.807) is 12.1 Å². The second-order valence-electron chi connectivity index (χ2n) is 2.64. The van der Waals surface area contributed by atoms with Gasteiger partial charge in [0.05, 0.1) is 16.0 Å². The van der Waals surface area contributed by atoms with Crippen LogP contribution in [0, 0.1) is 0 Å². The topological polar surface area (TPSA) is 53.4 Å².